The zero-order valence-electron chi connectivity index (χ0n) is 9.95. The van der Waals surface area contributed by atoms with Crippen molar-refractivity contribution in [1.29, 1.82) is 5.26 Å². The summed E-state index contributed by atoms with van der Waals surface area (Å²) >= 11 is 0. The van der Waals surface area contributed by atoms with E-state index < -0.39 is 0 Å². The van der Waals surface area contributed by atoms with E-state index in [9.17, 15) is 0 Å². The number of benzene rings is 2. The Kier molecular flexibility index (Phi) is 3.27. The zero-order valence-corrected chi connectivity index (χ0v) is 9.95. The minimum absolute atomic E-state index is 0.580. The molecule has 0 saturated carbocycles. The molecular weight excluding hydrogens is 212 g/mol. The third-order valence-electron chi connectivity index (χ3n) is 2.78. The SMILES string of the molecule is CNCc1c(OC)c(C#N)cc2ccccc12. The highest BCUT2D eigenvalue weighted by atomic mass is 16.5. The summed E-state index contributed by atoms with van der Waals surface area (Å²) in [4.78, 5) is 0. The van der Waals surface area contributed by atoms with Crippen LogP contribution in [-0.2, 0) is 6.54 Å². The number of ether oxygens (including phenoxy) is 1. The van der Waals surface area contributed by atoms with Gasteiger partial charge < -0.3 is 10.1 Å². The van der Waals surface area contributed by atoms with Gasteiger partial charge >= 0.3 is 0 Å². The molecule has 2 aromatic carbocycles. The molecule has 2 aromatic rings. The fourth-order valence-electron chi connectivity index (χ4n) is 2.07. The van der Waals surface area contributed by atoms with Crippen LogP contribution in [0.3, 0.4) is 0 Å². The van der Waals surface area contributed by atoms with E-state index in [-0.39, 0.29) is 0 Å². The van der Waals surface area contributed by atoms with Gasteiger partial charge in [-0.1, -0.05) is 24.3 Å². The Balaban J connectivity index is 2.81. The maximum Gasteiger partial charge on any atom is 0.141 e. The number of fused-ring (bicyclic) bond motifs is 1. The lowest BCUT2D eigenvalue weighted by molar-refractivity contribution is 0.408. The molecule has 0 amide bonds. The number of rotatable bonds is 3. The van der Waals surface area contributed by atoms with Crippen molar-refractivity contribution in [3.05, 3.63) is 41.5 Å². The standard InChI is InChI=1S/C14H14N2O/c1-16-9-13-12-6-4-3-5-10(12)7-11(8-15)14(13)17-2/h3-7,16H,9H2,1-2H3. The van der Waals surface area contributed by atoms with Gasteiger partial charge in [0.1, 0.15) is 11.8 Å². The zero-order chi connectivity index (χ0) is 12.3. The van der Waals surface area contributed by atoms with Gasteiger partial charge in [-0.3, -0.25) is 0 Å². The van der Waals surface area contributed by atoms with Crippen LogP contribution >= 0.6 is 0 Å². The molecule has 0 heterocycles. The van der Waals surface area contributed by atoms with Gasteiger partial charge in [-0.15, -0.1) is 0 Å². The highest BCUT2D eigenvalue weighted by Gasteiger charge is 2.12. The van der Waals surface area contributed by atoms with Crippen LogP contribution in [0.2, 0.25) is 0 Å². The molecule has 0 unspecified atom stereocenters. The van der Waals surface area contributed by atoms with Crippen molar-refractivity contribution < 1.29 is 4.74 Å². The molecule has 0 saturated heterocycles. The van der Waals surface area contributed by atoms with Gasteiger partial charge in [0.05, 0.1) is 12.7 Å². The van der Waals surface area contributed by atoms with E-state index in [4.69, 9.17) is 10.00 Å². The van der Waals surface area contributed by atoms with Crippen molar-refractivity contribution in [1.82, 2.24) is 5.32 Å². The molecule has 2 rings (SSSR count). The Hall–Kier alpha value is -2.05. The summed E-state index contributed by atoms with van der Waals surface area (Å²) in [5, 5.41) is 14.5. The van der Waals surface area contributed by atoms with Gasteiger partial charge in [-0.25, -0.2) is 0 Å². The van der Waals surface area contributed by atoms with Crippen LogP contribution in [0.15, 0.2) is 30.3 Å². The van der Waals surface area contributed by atoms with Crippen molar-refractivity contribution in [2.24, 2.45) is 0 Å². The average molecular weight is 226 g/mol. The molecule has 0 aliphatic carbocycles. The molecule has 0 bridgehead atoms. The Morgan fingerprint density at radius 1 is 1.35 bits per heavy atom. The third kappa shape index (κ3) is 1.95. The summed E-state index contributed by atoms with van der Waals surface area (Å²) in [5.74, 6) is 0.667. The van der Waals surface area contributed by atoms with Crippen LogP contribution in [-0.4, -0.2) is 14.2 Å². The molecule has 0 radical (unpaired) electrons. The minimum atomic E-state index is 0.580. The first-order chi connectivity index (χ1) is 8.31. The van der Waals surface area contributed by atoms with Crippen LogP contribution in [0.1, 0.15) is 11.1 Å². The lowest BCUT2D eigenvalue weighted by Crippen LogP contribution is -2.08. The molecule has 0 fully saturated rings. The molecule has 86 valence electrons. The van der Waals surface area contributed by atoms with Crippen LogP contribution in [0.4, 0.5) is 0 Å². The average Bonchev–Trinajstić information content (AvgIpc) is 2.38. The Morgan fingerprint density at radius 2 is 2.12 bits per heavy atom. The summed E-state index contributed by atoms with van der Waals surface area (Å²) in [5.41, 5.74) is 1.61. The maximum absolute atomic E-state index is 9.15. The fourth-order valence-corrected chi connectivity index (χ4v) is 2.07. The van der Waals surface area contributed by atoms with E-state index in [2.05, 4.69) is 11.4 Å². The molecule has 17 heavy (non-hydrogen) atoms. The van der Waals surface area contributed by atoms with Crippen molar-refractivity contribution in [3.63, 3.8) is 0 Å². The third-order valence-corrected chi connectivity index (χ3v) is 2.78. The van der Waals surface area contributed by atoms with Gasteiger partial charge in [0.15, 0.2) is 0 Å². The Bertz CT molecular complexity index is 585. The first-order valence-corrected chi connectivity index (χ1v) is 5.45. The highest BCUT2D eigenvalue weighted by Crippen LogP contribution is 2.31. The van der Waals surface area contributed by atoms with Crippen molar-refractivity contribution in [2.75, 3.05) is 14.2 Å². The Labute approximate surface area is 101 Å². The summed E-state index contributed by atoms with van der Waals surface area (Å²) in [6.07, 6.45) is 0. The summed E-state index contributed by atoms with van der Waals surface area (Å²) < 4.78 is 5.37. The largest absolute Gasteiger partial charge is 0.495 e. The van der Waals surface area contributed by atoms with Gasteiger partial charge in [-0.2, -0.15) is 5.26 Å². The second-order valence-corrected chi connectivity index (χ2v) is 3.80. The van der Waals surface area contributed by atoms with E-state index in [1.54, 1.807) is 7.11 Å². The predicted molar refractivity (Wildman–Crippen MR) is 68.0 cm³/mol. The minimum Gasteiger partial charge on any atom is -0.495 e. The lowest BCUT2D eigenvalue weighted by Gasteiger charge is -2.13. The normalized spacial score (nSPS) is 10.2. The molecule has 3 heteroatoms. The molecule has 0 spiro atoms. The topological polar surface area (TPSA) is 45.0 Å². The van der Waals surface area contributed by atoms with Crippen molar-refractivity contribution in [2.45, 2.75) is 6.54 Å². The van der Waals surface area contributed by atoms with Gasteiger partial charge in [0.2, 0.25) is 0 Å². The first kappa shape index (κ1) is 11.4. The number of methoxy groups -OCH3 is 1. The van der Waals surface area contributed by atoms with E-state index in [1.807, 2.05) is 37.4 Å². The van der Waals surface area contributed by atoms with E-state index in [0.717, 1.165) is 16.3 Å². The maximum atomic E-state index is 9.15. The van der Waals surface area contributed by atoms with Crippen molar-refractivity contribution >= 4 is 10.8 Å². The van der Waals surface area contributed by atoms with Gasteiger partial charge in [0, 0.05) is 12.1 Å². The van der Waals surface area contributed by atoms with Gasteiger partial charge in [0.25, 0.3) is 0 Å². The number of hydrogen-bond donors (Lipinski definition) is 1. The molecular formula is C14H14N2O. The molecule has 0 aliphatic rings. The number of nitrogens with zero attached hydrogens (tertiary/aromatic N) is 1. The number of nitriles is 1. The lowest BCUT2D eigenvalue weighted by atomic mass is 9.99. The van der Waals surface area contributed by atoms with Crippen LogP contribution < -0.4 is 10.1 Å². The van der Waals surface area contributed by atoms with E-state index in [0.29, 0.717) is 17.9 Å². The number of hydrogen-bond acceptors (Lipinski definition) is 3. The fraction of sp³-hybridized carbons (Fsp3) is 0.214. The highest BCUT2D eigenvalue weighted by molar-refractivity contribution is 5.89. The number of nitrogens with one attached hydrogen (secondary N) is 1. The second kappa shape index (κ2) is 4.86. The summed E-state index contributed by atoms with van der Waals surface area (Å²) in [6, 6.07) is 12.1. The Morgan fingerprint density at radius 3 is 2.76 bits per heavy atom. The van der Waals surface area contributed by atoms with Crippen LogP contribution in [0.25, 0.3) is 10.8 Å². The molecule has 0 aliphatic heterocycles. The van der Waals surface area contributed by atoms with Crippen LogP contribution in [0, 0.1) is 11.3 Å². The predicted octanol–water partition coefficient (Wildman–Crippen LogP) is 2.44. The summed E-state index contributed by atoms with van der Waals surface area (Å²) in [6.45, 7) is 0.680. The smallest absolute Gasteiger partial charge is 0.141 e. The molecule has 1 N–H and O–H groups in total. The monoisotopic (exact) mass is 226 g/mol. The van der Waals surface area contributed by atoms with E-state index >= 15 is 0 Å². The quantitative estimate of drug-likeness (QED) is 0.874. The summed E-state index contributed by atoms with van der Waals surface area (Å²) in [7, 11) is 3.48. The first-order valence-electron chi connectivity index (χ1n) is 5.45. The van der Waals surface area contributed by atoms with Crippen LogP contribution in [0.5, 0.6) is 5.75 Å². The molecule has 0 atom stereocenters. The molecule has 0 aromatic heterocycles. The second-order valence-electron chi connectivity index (χ2n) is 3.80. The van der Waals surface area contributed by atoms with Gasteiger partial charge in [-0.05, 0) is 23.9 Å². The molecule has 3 nitrogen and oxygen atoms in total. The van der Waals surface area contributed by atoms with E-state index in [1.165, 1.54) is 0 Å². The van der Waals surface area contributed by atoms with Crippen molar-refractivity contribution in [3.8, 4) is 11.8 Å².